The third kappa shape index (κ3) is 1.62. The Kier molecular flexibility index (Phi) is 2.46. The Balaban J connectivity index is 2.36. The van der Waals surface area contributed by atoms with Gasteiger partial charge < -0.3 is 5.11 Å². The smallest absolute Gasteiger partial charge is 0.306 e. The van der Waals surface area contributed by atoms with Crippen LogP contribution in [0.15, 0.2) is 0 Å². The molecule has 1 aromatic heterocycles. The molecule has 2 atom stereocenters. The number of carboxylic acids is 1. The van der Waals surface area contributed by atoms with Crippen molar-refractivity contribution in [3.63, 3.8) is 0 Å². The van der Waals surface area contributed by atoms with E-state index in [-0.39, 0.29) is 11.8 Å². The zero-order valence-electron chi connectivity index (χ0n) is 8.97. The van der Waals surface area contributed by atoms with Crippen molar-refractivity contribution in [3.8, 4) is 0 Å². The van der Waals surface area contributed by atoms with Crippen LogP contribution in [0.4, 0.5) is 0 Å². The van der Waals surface area contributed by atoms with Crippen LogP contribution in [0.5, 0.6) is 0 Å². The third-order valence-corrected chi connectivity index (χ3v) is 3.22. The Morgan fingerprint density at radius 2 is 2.40 bits per heavy atom. The van der Waals surface area contributed by atoms with Crippen LogP contribution >= 0.6 is 0 Å². The maximum absolute atomic E-state index is 11.0. The normalized spacial score (nSPS) is 22.1. The van der Waals surface area contributed by atoms with E-state index in [1.165, 1.54) is 0 Å². The van der Waals surface area contributed by atoms with Crippen molar-refractivity contribution in [2.45, 2.75) is 32.1 Å². The molecule has 0 saturated heterocycles. The van der Waals surface area contributed by atoms with Crippen molar-refractivity contribution in [3.05, 3.63) is 11.4 Å². The summed E-state index contributed by atoms with van der Waals surface area (Å²) < 4.78 is 1.72. The molecule has 0 spiro atoms. The van der Waals surface area contributed by atoms with Crippen LogP contribution < -0.4 is 0 Å². The lowest BCUT2D eigenvalue weighted by atomic mass is 9.81. The molecule has 1 aliphatic carbocycles. The number of aliphatic carboxylic acids is 1. The van der Waals surface area contributed by atoms with E-state index in [0.717, 1.165) is 30.7 Å². The van der Waals surface area contributed by atoms with Gasteiger partial charge in [-0.3, -0.25) is 9.48 Å². The Labute approximate surface area is 88.1 Å². The summed E-state index contributed by atoms with van der Waals surface area (Å²) in [5.41, 5.74) is 1.98. The molecular weight excluding hydrogens is 194 g/mol. The summed E-state index contributed by atoms with van der Waals surface area (Å²) in [6.07, 6.45) is 2.85. The molecule has 0 aromatic carbocycles. The largest absolute Gasteiger partial charge is 0.481 e. The summed E-state index contributed by atoms with van der Waals surface area (Å²) in [6, 6.07) is 0. The van der Waals surface area contributed by atoms with Crippen molar-refractivity contribution < 1.29 is 9.90 Å². The molecule has 0 radical (unpaired) electrons. The molecule has 82 valence electrons. The first kappa shape index (κ1) is 10.1. The van der Waals surface area contributed by atoms with Crippen LogP contribution in [0.1, 0.15) is 37.1 Å². The summed E-state index contributed by atoms with van der Waals surface area (Å²) in [5.74, 6) is -1.04. The topological polar surface area (TPSA) is 68.0 Å². The van der Waals surface area contributed by atoms with Crippen molar-refractivity contribution >= 4 is 5.97 Å². The summed E-state index contributed by atoms with van der Waals surface area (Å²) in [7, 11) is 1.83. The third-order valence-electron chi connectivity index (χ3n) is 3.22. The monoisotopic (exact) mass is 209 g/mol. The second-order valence-corrected chi connectivity index (χ2v) is 4.17. The Bertz CT molecular complexity index is 386. The first-order valence-corrected chi connectivity index (χ1v) is 5.22. The van der Waals surface area contributed by atoms with E-state index < -0.39 is 5.97 Å². The summed E-state index contributed by atoms with van der Waals surface area (Å²) in [5, 5.41) is 17.1. The number of hydrogen-bond donors (Lipinski definition) is 1. The number of fused-ring (bicyclic) bond motifs is 1. The van der Waals surface area contributed by atoms with Gasteiger partial charge in [0.25, 0.3) is 0 Å². The Morgan fingerprint density at radius 1 is 1.67 bits per heavy atom. The van der Waals surface area contributed by atoms with E-state index in [0.29, 0.717) is 0 Å². The molecule has 1 heterocycles. The number of aromatic nitrogens is 3. The second kappa shape index (κ2) is 3.64. The maximum atomic E-state index is 11.0. The average Bonchev–Trinajstić information content (AvgIpc) is 2.59. The van der Waals surface area contributed by atoms with Gasteiger partial charge in [-0.25, -0.2) is 0 Å². The van der Waals surface area contributed by atoms with Gasteiger partial charge in [0, 0.05) is 13.0 Å². The molecule has 5 nitrogen and oxygen atoms in total. The van der Waals surface area contributed by atoms with E-state index >= 15 is 0 Å². The fourth-order valence-electron chi connectivity index (χ4n) is 2.32. The van der Waals surface area contributed by atoms with Crippen molar-refractivity contribution in [2.24, 2.45) is 13.0 Å². The van der Waals surface area contributed by atoms with Gasteiger partial charge in [0.1, 0.15) is 0 Å². The molecule has 2 rings (SSSR count). The molecular formula is C10H15N3O2. The van der Waals surface area contributed by atoms with Crippen LogP contribution in [0, 0.1) is 5.92 Å². The standard InChI is InChI=1S/C10H15N3O2/c1-6(10(14)15)7-4-3-5-8-9(7)13(2)12-11-8/h6-7H,3-5H2,1-2H3,(H,14,15). The lowest BCUT2D eigenvalue weighted by Crippen LogP contribution is -2.24. The van der Waals surface area contributed by atoms with Crippen LogP contribution in [0.25, 0.3) is 0 Å². The highest BCUT2D eigenvalue weighted by Gasteiger charge is 2.32. The van der Waals surface area contributed by atoms with E-state index in [1.807, 2.05) is 7.05 Å². The summed E-state index contributed by atoms with van der Waals surface area (Å²) >= 11 is 0. The van der Waals surface area contributed by atoms with Gasteiger partial charge >= 0.3 is 5.97 Å². The molecule has 0 amide bonds. The minimum Gasteiger partial charge on any atom is -0.481 e. The Hall–Kier alpha value is -1.39. The molecule has 1 N–H and O–H groups in total. The van der Waals surface area contributed by atoms with E-state index in [1.54, 1.807) is 11.6 Å². The molecule has 2 unspecified atom stereocenters. The van der Waals surface area contributed by atoms with Crippen LogP contribution in [0.2, 0.25) is 0 Å². The quantitative estimate of drug-likeness (QED) is 0.787. The number of nitrogens with zero attached hydrogens (tertiary/aromatic N) is 3. The SMILES string of the molecule is CC(C(=O)O)C1CCCc2nnn(C)c21. The Morgan fingerprint density at radius 3 is 3.07 bits per heavy atom. The lowest BCUT2D eigenvalue weighted by molar-refractivity contribution is -0.142. The number of aryl methyl sites for hydroxylation is 2. The molecule has 0 saturated carbocycles. The average molecular weight is 209 g/mol. The predicted octanol–water partition coefficient (Wildman–Crippen LogP) is 0.956. The highest BCUT2D eigenvalue weighted by atomic mass is 16.4. The number of rotatable bonds is 2. The molecule has 0 bridgehead atoms. The van der Waals surface area contributed by atoms with Gasteiger partial charge in [-0.2, -0.15) is 0 Å². The summed E-state index contributed by atoms with van der Waals surface area (Å²) in [4.78, 5) is 11.0. The van der Waals surface area contributed by atoms with Gasteiger partial charge in [-0.15, -0.1) is 5.10 Å². The van der Waals surface area contributed by atoms with E-state index in [4.69, 9.17) is 5.11 Å². The lowest BCUT2D eigenvalue weighted by Gasteiger charge is -2.25. The van der Waals surface area contributed by atoms with Crippen molar-refractivity contribution in [1.82, 2.24) is 15.0 Å². The van der Waals surface area contributed by atoms with E-state index in [9.17, 15) is 4.79 Å². The molecule has 1 aromatic rings. The van der Waals surface area contributed by atoms with Gasteiger partial charge in [0.15, 0.2) is 0 Å². The molecule has 0 aliphatic heterocycles. The maximum Gasteiger partial charge on any atom is 0.306 e. The fourth-order valence-corrected chi connectivity index (χ4v) is 2.32. The van der Waals surface area contributed by atoms with Crippen molar-refractivity contribution in [1.29, 1.82) is 0 Å². The zero-order chi connectivity index (χ0) is 11.0. The highest BCUT2D eigenvalue weighted by molar-refractivity contribution is 5.70. The second-order valence-electron chi connectivity index (χ2n) is 4.17. The van der Waals surface area contributed by atoms with E-state index in [2.05, 4.69) is 10.3 Å². The fraction of sp³-hybridized carbons (Fsp3) is 0.700. The molecule has 15 heavy (non-hydrogen) atoms. The molecule has 5 heteroatoms. The number of carboxylic acid groups (broad SMARTS) is 1. The number of hydrogen-bond acceptors (Lipinski definition) is 3. The minimum atomic E-state index is -0.742. The van der Waals surface area contributed by atoms with Crippen LogP contribution in [-0.4, -0.2) is 26.1 Å². The highest BCUT2D eigenvalue weighted by Crippen LogP contribution is 2.35. The molecule has 0 fully saturated rings. The van der Waals surface area contributed by atoms with Crippen LogP contribution in [0.3, 0.4) is 0 Å². The predicted molar refractivity (Wildman–Crippen MR) is 53.5 cm³/mol. The first-order chi connectivity index (χ1) is 7.11. The minimum absolute atomic E-state index is 0.0613. The first-order valence-electron chi connectivity index (χ1n) is 5.22. The van der Waals surface area contributed by atoms with Crippen LogP contribution in [-0.2, 0) is 18.3 Å². The molecule has 1 aliphatic rings. The summed E-state index contributed by atoms with van der Waals surface area (Å²) in [6.45, 7) is 1.76. The van der Waals surface area contributed by atoms with Gasteiger partial charge in [0.05, 0.1) is 17.3 Å². The van der Waals surface area contributed by atoms with Crippen molar-refractivity contribution in [2.75, 3.05) is 0 Å². The number of carbonyl (C=O) groups is 1. The van der Waals surface area contributed by atoms with Gasteiger partial charge in [-0.05, 0) is 19.3 Å². The van der Waals surface area contributed by atoms with Gasteiger partial charge in [0.2, 0.25) is 0 Å². The zero-order valence-corrected chi connectivity index (χ0v) is 8.97. The van der Waals surface area contributed by atoms with Gasteiger partial charge in [-0.1, -0.05) is 12.1 Å².